The molecule has 0 saturated carbocycles. The van der Waals surface area contributed by atoms with Crippen molar-refractivity contribution in [3.05, 3.63) is 24.2 Å². The number of likely N-dealkylation sites (N-methyl/N-ethyl adjacent to an activating group) is 1. The van der Waals surface area contributed by atoms with Crippen LogP contribution in [0, 0.1) is 5.41 Å². The average molecular weight is 225 g/mol. The van der Waals surface area contributed by atoms with Crippen LogP contribution in [0.4, 0.5) is 0 Å². The number of rotatable bonds is 5. The van der Waals surface area contributed by atoms with E-state index in [1.165, 1.54) is 0 Å². The van der Waals surface area contributed by atoms with E-state index in [1.54, 1.807) is 12.5 Å². The Kier molecular flexibility index (Phi) is 4.56. The molecule has 92 valence electrons. The van der Waals surface area contributed by atoms with Crippen molar-refractivity contribution < 1.29 is 9.15 Å². The van der Waals surface area contributed by atoms with E-state index in [-0.39, 0.29) is 17.6 Å². The van der Waals surface area contributed by atoms with Gasteiger partial charge in [-0.3, -0.25) is 0 Å². The molecule has 3 heteroatoms. The van der Waals surface area contributed by atoms with Crippen LogP contribution in [-0.2, 0) is 4.74 Å². The molecule has 1 aromatic heterocycles. The smallest absolute Gasteiger partial charge is 0.0951 e. The molecule has 3 nitrogen and oxygen atoms in total. The minimum absolute atomic E-state index is 0.0843. The summed E-state index contributed by atoms with van der Waals surface area (Å²) in [6, 6.07) is 2.15. The van der Waals surface area contributed by atoms with Gasteiger partial charge in [-0.05, 0) is 25.5 Å². The lowest BCUT2D eigenvalue weighted by molar-refractivity contribution is -0.0351. The minimum Gasteiger partial charge on any atom is -0.472 e. The van der Waals surface area contributed by atoms with E-state index in [0.717, 1.165) is 12.2 Å². The highest BCUT2D eigenvalue weighted by Gasteiger charge is 2.33. The Morgan fingerprint density at radius 2 is 2.12 bits per heavy atom. The molecule has 0 fully saturated rings. The summed E-state index contributed by atoms with van der Waals surface area (Å²) in [7, 11) is 1.95. The van der Waals surface area contributed by atoms with Crippen molar-refractivity contribution >= 4 is 0 Å². The van der Waals surface area contributed by atoms with Gasteiger partial charge in [-0.1, -0.05) is 20.8 Å². The van der Waals surface area contributed by atoms with Crippen LogP contribution in [0.25, 0.3) is 0 Å². The van der Waals surface area contributed by atoms with Crippen LogP contribution in [0.1, 0.15) is 39.3 Å². The van der Waals surface area contributed by atoms with Crippen molar-refractivity contribution in [1.82, 2.24) is 5.32 Å². The van der Waals surface area contributed by atoms with Crippen molar-refractivity contribution in [3.8, 4) is 0 Å². The summed E-state index contributed by atoms with van der Waals surface area (Å²) in [5.41, 5.74) is 1.22. The fraction of sp³-hybridized carbons (Fsp3) is 0.692. The maximum atomic E-state index is 5.88. The van der Waals surface area contributed by atoms with E-state index in [1.807, 2.05) is 20.0 Å². The predicted molar refractivity (Wildman–Crippen MR) is 65.4 cm³/mol. The number of hydrogen-bond acceptors (Lipinski definition) is 3. The van der Waals surface area contributed by atoms with Crippen molar-refractivity contribution in [2.45, 2.75) is 39.8 Å². The van der Waals surface area contributed by atoms with Gasteiger partial charge in [0.05, 0.1) is 24.7 Å². The second-order valence-corrected chi connectivity index (χ2v) is 5.06. The second-order valence-electron chi connectivity index (χ2n) is 5.06. The van der Waals surface area contributed by atoms with E-state index < -0.39 is 0 Å². The number of ether oxygens (including phenoxy) is 1. The third kappa shape index (κ3) is 3.09. The summed E-state index contributed by atoms with van der Waals surface area (Å²) in [5.74, 6) is 0. The molecular formula is C13H23NO2. The Balaban J connectivity index is 2.90. The van der Waals surface area contributed by atoms with Crippen LogP contribution < -0.4 is 5.32 Å². The van der Waals surface area contributed by atoms with E-state index in [9.17, 15) is 0 Å². The summed E-state index contributed by atoms with van der Waals surface area (Å²) >= 11 is 0. The second kappa shape index (κ2) is 5.51. The molecule has 1 rings (SSSR count). The molecular weight excluding hydrogens is 202 g/mol. The number of hydrogen-bond donors (Lipinski definition) is 1. The minimum atomic E-state index is 0.0843. The van der Waals surface area contributed by atoms with Gasteiger partial charge in [0.1, 0.15) is 0 Å². The molecule has 0 aliphatic rings. The van der Waals surface area contributed by atoms with Gasteiger partial charge in [0.15, 0.2) is 0 Å². The van der Waals surface area contributed by atoms with Crippen LogP contribution in [0.2, 0.25) is 0 Å². The predicted octanol–water partition coefficient (Wildman–Crippen LogP) is 2.99. The molecule has 0 radical (unpaired) electrons. The molecule has 0 aliphatic carbocycles. The van der Waals surface area contributed by atoms with Gasteiger partial charge >= 0.3 is 0 Å². The van der Waals surface area contributed by atoms with Gasteiger partial charge in [0.25, 0.3) is 0 Å². The van der Waals surface area contributed by atoms with Gasteiger partial charge < -0.3 is 14.5 Å². The Morgan fingerprint density at radius 1 is 1.44 bits per heavy atom. The Hall–Kier alpha value is -0.800. The Morgan fingerprint density at radius 3 is 2.50 bits per heavy atom. The maximum absolute atomic E-state index is 5.88. The first-order valence-corrected chi connectivity index (χ1v) is 5.81. The van der Waals surface area contributed by atoms with Gasteiger partial charge in [-0.15, -0.1) is 0 Å². The van der Waals surface area contributed by atoms with Gasteiger partial charge in [-0.2, -0.15) is 0 Å². The fourth-order valence-electron chi connectivity index (χ4n) is 1.97. The van der Waals surface area contributed by atoms with Crippen molar-refractivity contribution in [2.24, 2.45) is 5.41 Å². The molecule has 0 amide bonds. The first-order valence-electron chi connectivity index (χ1n) is 5.81. The monoisotopic (exact) mass is 225 g/mol. The molecule has 16 heavy (non-hydrogen) atoms. The molecule has 0 spiro atoms. The first kappa shape index (κ1) is 13.3. The first-order chi connectivity index (χ1) is 7.50. The van der Waals surface area contributed by atoms with E-state index in [2.05, 4.69) is 26.1 Å². The summed E-state index contributed by atoms with van der Waals surface area (Å²) in [6.07, 6.45) is 3.60. The molecule has 0 aromatic carbocycles. The summed E-state index contributed by atoms with van der Waals surface area (Å²) in [4.78, 5) is 0. The van der Waals surface area contributed by atoms with E-state index >= 15 is 0 Å². The highest BCUT2D eigenvalue weighted by Crippen LogP contribution is 2.32. The Labute approximate surface area is 98.2 Å². The molecule has 1 heterocycles. The van der Waals surface area contributed by atoms with Crippen LogP contribution in [-0.4, -0.2) is 19.8 Å². The van der Waals surface area contributed by atoms with Gasteiger partial charge in [0.2, 0.25) is 0 Å². The largest absolute Gasteiger partial charge is 0.472 e. The molecule has 2 unspecified atom stereocenters. The normalized spacial score (nSPS) is 16.1. The Bertz CT molecular complexity index is 287. The SMILES string of the molecule is CCOC(C(NC)c1ccoc1)C(C)(C)C. The third-order valence-electron chi connectivity index (χ3n) is 2.72. The molecule has 1 aromatic rings. The van der Waals surface area contributed by atoms with E-state index in [4.69, 9.17) is 9.15 Å². The third-order valence-corrected chi connectivity index (χ3v) is 2.72. The van der Waals surface area contributed by atoms with Crippen LogP contribution in [0.3, 0.4) is 0 Å². The summed E-state index contributed by atoms with van der Waals surface area (Å²) < 4.78 is 11.0. The quantitative estimate of drug-likeness (QED) is 0.836. The van der Waals surface area contributed by atoms with Crippen molar-refractivity contribution in [2.75, 3.05) is 13.7 Å². The topological polar surface area (TPSA) is 34.4 Å². The molecule has 0 bridgehead atoms. The summed E-state index contributed by atoms with van der Waals surface area (Å²) in [5, 5.41) is 3.31. The van der Waals surface area contributed by atoms with Gasteiger partial charge in [-0.25, -0.2) is 0 Å². The van der Waals surface area contributed by atoms with Crippen LogP contribution in [0.5, 0.6) is 0 Å². The standard InChI is InChI=1S/C13H23NO2/c1-6-16-12(13(2,3)4)11(14-5)10-7-8-15-9-10/h7-9,11-12,14H,6H2,1-5H3. The highest BCUT2D eigenvalue weighted by atomic mass is 16.5. The molecule has 1 N–H and O–H groups in total. The van der Waals surface area contributed by atoms with Crippen LogP contribution in [0.15, 0.2) is 23.0 Å². The lowest BCUT2D eigenvalue weighted by Gasteiger charge is -2.36. The molecule has 0 saturated heterocycles. The van der Waals surface area contributed by atoms with E-state index in [0.29, 0.717) is 0 Å². The van der Waals surface area contributed by atoms with Crippen molar-refractivity contribution in [3.63, 3.8) is 0 Å². The highest BCUT2D eigenvalue weighted by molar-refractivity contribution is 5.14. The zero-order valence-corrected chi connectivity index (χ0v) is 10.9. The lowest BCUT2D eigenvalue weighted by atomic mass is 9.82. The average Bonchev–Trinajstić information content (AvgIpc) is 2.69. The zero-order valence-electron chi connectivity index (χ0n) is 10.9. The van der Waals surface area contributed by atoms with Gasteiger partial charge in [0, 0.05) is 12.2 Å². The van der Waals surface area contributed by atoms with Crippen LogP contribution >= 0.6 is 0 Å². The van der Waals surface area contributed by atoms with Crippen molar-refractivity contribution in [1.29, 1.82) is 0 Å². The number of nitrogens with one attached hydrogen (secondary N) is 1. The molecule has 2 atom stereocenters. The summed E-state index contributed by atoms with van der Waals surface area (Å²) in [6.45, 7) is 9.33. The lowest BCUT2D eigenvalue weighted by Crippen LogP contribution is -2.40. The molecule has 0 aliphatic heterocycles. The maximum Gasteiger partial charge on any atom is 0.0951 e. The zero-order chi connectivity index (χ0) is 12.2. The number of furan rings is 1. The fourth-order valence-corrected chi connectivity index (χ4v) is 1.97.